The molecule has 336 valence electrons. The number of allylic oxidation sites excluding steroid dienone is 2. The summed E-state index contributed by atoms with van der Waals surface area (Å²) in [6.07, 6.45) is 7.75. The molecule has 0 bridgehead atoms. The molecule has 2 aromatic heterocycles. The molecule has 4 amide bonds. The lowest BCUT2D eigenvalue weighted by Gasteiger charge is -2.29. The first-order chi connectivity index (χ1) is 30.9. The summed E-state index contributed by atoms with van der Waals surface area (Å²) in [6.45, 7) is 8.86. The van der Waals surface area contributed by atoms with E-state index in [1.165, 1.54) is 49.3 Å². The molecular weight excluding hydrogens is 809 g/mol. The fraction of sp³-hybridized carbons (Fsp3) is 0.480. The Balaban J connectivity index is 0.996. The normalized spacial score (nSPS) is 22.0. The topological polar surface area (TPSA) is 175 Å². The number of H-pyrrole nitrogens is 2. The molecular formula is C50H60N8O6. The summed E-state index contributed by atoms with van der Waals surface area (Å²) < 4.78 is 9.66. The molecule has 2 aliphatic heterocycles. The molecule has 6 atom stereocenters. The number of aromatic amines is 2. The molecule has 4 unspecified atom stereocenters. The lowest BCUT2D eigenvalue weighted by molar-refractivity contribution is -0.136. The Hall–Kier alpha value is -6.18. The SMILES string of the molecule is COC(=O)NC(C(=O)N1CCC[C@H]1c1nc2ccc(C3CC=C(c4ccc5nc(C6CCCN6C(=O)[C@@H](NC(=O)OC)C(C)C)[nH]c5c4)C3c3ccc(C4CC4)cc3)cc2[nH]1)C(C)C. The highest BCUT2D eigenvalue weighted by Gasteiger charge is 2.40. The molecule has 1 saturated carbocycles. The van der Waals surface area contributed by atoms with Crippen LogP contribution in [-0.2, 0) is 19.1 Å². The largest absolute Gasteiger partial charge is 0.453 e. The highest BCUT2D eigenvalue weighted by atomic mass is 16.5. The Bertz CT molecular complexity index is 2590. The van der Waals surface area contributed by atoms with Crippen LogP contribution in [0.1, 0.15) is 136 Å². The lowest BCUT2D eigenvalue weighted by atomic mass is 9.78. The third-order valence-corrected chi connectivity index (χ3v) is 13.9. The number of aromatic nitrogens is 4. The van der Waals surface area contributed by atoms with Gasteiger partial charge in [0.05, 0.1) is 48.4 Å². The van der Waals surface area contributed by atoms with Crippen molar-refractivity contribution in [3.63, 3.8) is 0 Å². The zero-order valence-corrected chi connectivity index (χ0v) is 37.6. The number of hydrogen-bond acceptors (Lipinski definition) is 8. The summed E-state index contributed by atoms with van der Waals surface area (Å²) in [4.78, 5) is 73.0. The monoisotopic (exact) mass is 868 g/mol. The van der Waals surface area contributed by atoms with E-state index in [-0.39, 0.29) is 47.6 Å². The number of carbonyl (C=O) groups is 4. The molecule has 14 heteroatoms. The third kappa shape index (κ3) is 8.34. The van der Waals surface area contributed by atoms with Crippen molar-refractivity contribution < 1.29 is 28.7 Å². The lowest BCUT2D eigenvalue weighted by Crippen LogP contribution is -2.51. The van der Waals surface area contributed by atoms with E-state index in [1.807, 2.05) is 37.5 Å². The van der Waals surface area contributed by atoms with Crippen LogP contribution in [0.2, 0.25) is 0 Å². The van der Waals surface area contributed by atoms with Crippen molar-refractivity contribution in [3.8, 4) is 0 Å². The van der Waals surface area contributed by atoms with Gasteiger partial charge in [-0.05, 0) is 121 Å². The van der Waals surface area contributed by atoms with Crippen molar-refractivity contribution >= 4 is 51.6 Å². The van der Waals surface area contributed by atoms with Gasteiger partial charge in [-0.2, -0.15) is 0 Å². The second-order valence-electron chi connectivity index (χ2n) is 18.8. The molecule has 0 radical (unpaired) electrons. The summed E-state index contributed by atoms with van der Waals surface area (Å²) in [7, 11) is 2.61. The van der Waals surface area contributed by atoms with E-state index in [0.717, 1.165) is 71.4 Å². The van der Waals surface area contributed by atoms with Gasteiger partial charge in [0, 0.05) is 19.0 Å². The number of imidazole rings is 2. The molecule has 3 aromatic carbocycles. The molecule has 2 saturated heterocycles. The minimum atomic E-state index is -0.702. The summed E-state index contributed by atoms with van der Waals surface area (Å²) in [5, 5.41) is 5.49. The number of likely N-dealkylation sites (tertiary alicyclic amines) is 2. The zero-order valence-electron chi connectivity index (χ0n) is 37.6. The number of carbonyl (C=O) groups excluding carboxylic acids is 4. The average Bonchev–Trinajstić information content (AvgIpc) is 3.84. The Morgan fingerprint density at radius 1 is 0.656 bits per heavy atom. The van der Waals surface area contributed by atoms with Gasteiger partial charge in [0.25, 0.3) is 0 Å². The van der Waals surface area contributed by atoms with Gasteiger partial charge < -0.3 is 39.9 Å². The van der Waals surface area contributed by atoms with E-state index in [1.54, 1.807) is 0 Å². The van der Waals surface area contributed by atoms with Crippen LogP contribution in [0.25, 0.3) is 27.6 Å². The Morgan fingerprint density at radius 3 is 1.67 bits per heavy atom. The van der Waals surface area contributed by atoms with E-state index in [2.05, 4.69) is 87.3 Å². The number of benzene rings is 3. The number of ether oxygens (including phenoxy) is 2. The first-order valence-electron chi connectivity index (χ1n) is 23.0. The number of hydrogen-bond donors (Lipinski definition) is 4. The summed E-state index contributed by atoms with van der Waals surface area (Å²) in [5.74, 6) is 1.92. The fourth-order valence-electron chi connectivity index (χ4n) is 10.4. The first kappa shape index (κ1) is 43.1. The van der Waals surface area contributed by atoms with Crippen molar-refractivity contribution in [2.24, 2.45) is 11.8 Å². The predicted molar refractivity (Wildman–Crippen MR) is 244 cm³/mol. The summed E-state index contributed by atoms with van der Waals surface area (Å²) in [5.41, 5.74) is 9.82. The van der Waals surface area contributed by atoms with Crippen LogP contribution in [-0.4, -0.2) is 93.1 Å². The summed E-state index contributed by atoms with van der Waals surface area (Å²) in [6, 6.07) is 20.4. The van der Waals surface area contributed by atoms with Gasteiger partial charge in [-0.1, -0.05) is 70.2 Å². The van der Waals surface area contributed by atoms with Crippen LogP contribution in [0.15, 0.2) is 66.7 Å². The molecule has 2 aliphatic carbocycles. The molecule has 4 heterocycles. The molecule has 0 spiro atoms. The van der Waals surface area contributed by atoms with Gasteiger partial charge >= 0.3 is 12.2 Å². The van der Waals surface area contributed by atoms with Crippen molar-refractivity contribution in [2.75, 3.05) is 27.3 Å². The van der Waals surface area contributed by atoms with Crippen molar-refractivity contribution in [3.05, 3.63) is 101 Å². The van der Waals surface area contributed by atoms with E-state index < -0.39 is 24.3 Å². The average molecular weight is 869 g/mol. The number of alkyl carbamates (subject to hydrolysis) is 2. The minimum Gasteiger partial charge on any atom is -0.453 e. The maximum absolute atomic E-state index is 13.9. The van der Waals surface area contributed by atoms with Crippen LogP contribution >= 0.6 is 0 Å². The van der Waals surface area contributed by atoms with E-state index >= 15 is 0 Å². The van der Waals surface area contributed by atoms with Gasteiger partial charge in [-0.15, -0.1) is 0 Å². The number of nitrogens with zero attached hydrogens (tertiary/aromatic N) is 4. The van der Waals surface area contributed by atoms with Gasteiger partial charge in [0.1, 0.15) is 23.7 Å². The number of rotatable bonds is 12. The second-order valence-corrected chi connectivity index (χ2v) is 18.8. The predicted octanol–water partition coefficient (Wildman–Crippen LogP) is 8.76. The number of nitrogens with one attached hydrogen (secondary N) is 4. The van der Waals surface area contributed by atoms with E-state index in [4.69, 9.17) is 19.4 Å². The molecule has 4 aliphatic rings. The highest BCUT2D eigenvalue weighted by molar-refractivity contribution is 5.88. The quantitative estimate of drug-likeness (QED) is 0.0963. The smallest absolute Gasteiger partial charge is 0.407 e. The van der Waals surface area contributed by atoms with Crippen LogP contribution in [0.5, 0.6) is 0 Å². The zero-order chi connectivity index (χ0) is 44.8. The maximum Gasteiger partial charge on any atom is 0.407 e. The van der Waals surface area contributed by atoms with Crippen molar-refractivity contribution in [2.45, 2.75) is 115 Å². The molecule has 3 fully saturated rings. The van der Waals surface area contributed by atoms with Gasteiger partial charge in [0.15, 0.2) is 0 Å². The second kappa shape index (κ2) is 17.8. The highest BCUT2D eigenvalue weighted by Crippen LogP contribution is 2.51. The summed E-state index contributed by atoms with van der Waals surface area (Å²) >= 11 is 0. The van der Waals surface area contributed by atoms with Crippen LogP contribution < -0.4 is 10.6 Å². The molecule has 14 nitrogen and oxygen atoms in total. The van der Waals surface area contributed by atoms with Crippen LogP contribution in [0.3, 0.4) is 0 Å². The Morgan fingerprint density at radius 2 is 1.16 bits per heavy atom. The van der Waals surface area contributed by atoms with Crippen LogP contribution in [0, 0.1) is 11.8 Å². The molecule has 64 heavy (non-hydrogen) atoms. The van der Waals surface area contributed by atoms with Crippen molar-refractivity contribution in [1.82, 2.24) is 40.4 Å². The van der Waals surface area contributed by atoms with E-state index in [0.29, 0.717) is 19.0 Å². The molecule has 4 N–H and O–H groups in total. The minimum absolute atomic E-state index is 0.0874. The van der Waals surface area contributed by atoms with Gasteiger partial charge in [0.2, 0.25) is 11.8 Å². The number of amides is 4. The van der Waals surface area contributed by atoms with Crippen LogP contribution in [0.4, 0.5) is 9.59 Å². The maximum atomic E-state index is 13.9. The molecule has 9 rings (SSSR count). The molecule has 5 aromatic rings. The number of methoxy groups -OCH3 is 2. The Kier molecular flexibility index (Phi) is 12.0. The van der Waals surface area contributed by atoms with Gasteiger partial charge in [-0.3, -0.25) is 9.59 Å². The third-order valence-electron chi connectivity index (χ3n) is 13.9. The Labute approximate surface area is 373 Å². The standard InChI is InChI=1S/C50H60N8O6/c1-27(2)43(55-49(61)63-5)47(59)57-23-7-9-40(57)45-51-36-21-17-32(25-38(36)53-45)34-19-20-35(42(34)31-15-13-30(14-16-31)29-11-12-29)33-18-22-37-39(26-33)54-46(52-37)41-10-8-24-58(41)48(60)44(28(3)4)56-50(62)64-6/h13-19,21-22,25-29,35,40-44H,7-12,20,23-24H2,1-6H3,(H,51,53)(H,52,54)(H,55,61)(H,56,62)/t35?,40?,41-,42?,43-,44?/m0/s1. The van der Waals surface area contributed by atoms with Crippen molar-refractivity contribution in [1.29, 1.82) is 0 Å². The van der Waals surface area contributed by atoms with Gasteiger partial charge in [-0.25, -0.2) is 19.6 Å². The van der Waals surface area contributed by atoms with E-state index in [9.17, 15) is 19.2 Å². The number of fused-ring (bicyclic) bond motifs is 2. The fourth-order valence-corrected chi connectivity index (χ4v) is 10.4. The first-order valence-corrected chi connectivity index (χ1v) is 23.0.